The first-order valence-electron chi connectivity index (χ1n) is 3.89. The lowest BCUT2D eigenvalue weighted by atomic mass is 10.0. The molecule has 1 aromatic carbocycles. The molecule has 0 bridgehead atoms. The zero-order valence-corrected chi connectivity index (χ0v) is 7.88. The molecular formula is C10H11NO2. The molecule has 1 aromatic rings. The van der Waals surface area contributed by atoms with E-state index in [2.05, 4.69) is 0 Å². The molecule has 0 aliphatic carbocycles. The standard InChI is InChI=1S/C10H11NO2/c1-6-7(2)10(13-3)9(12)4-8(6)5-11/h4,12H,1-3H3. The molecule has 68 valence electrons. The Morgan fingerprint density at radius 2 is 2.00 bits per heavy atom. The van der Waals surface area contributed by atoms with Crippen molar-refractivity contribution < 1.29 is 9.84 Å². The molecule has 3 heteroatoms. The molecule has 0 aliphatic rings. The highest BCUT2D eigenvalue weighted by atomic mass is 16.5. The molecule has 1 N–H and O–H groups in total. The van der Waals surface area contributed by atoms with Gasteiger partial charge in [-0.05, 0) is 25.0 Å². The second kappa shape index (κ2) is 3.36. The van der Waals surface area contributed by atoms with Crippen molar-refractivity contribution in [2.75, 3.05) is 7.11 Å². The number of ether oxygens (including phenoxy) is 1. The van der Waals surface area contributed by atoms with Gasteiger partial charge in [0, 0.05) is 6.07 Å². The van der Waals surface area contributed by atoms with Gasteiger partial charge in [0.05, 0.1) is 18.7 Å². The number of nitrogens with zero attached hydrogens (tertiary/aromatic N) is 1. The van der Waals surface area contributed by atoms with E-state index in [0.29, 0.717) is 11.3 Å². The molecule has 0 unspecified atom stereocenters. The van der Waals surface area contributed by atoms with Crippen molar-refractivity contribution in [2.24, 2.45) is 0 Å². The highest BCUT2D eigenvalue weighted by molar-refractivity contribution is 5.56. The third-order valence-corrected chi connectivity index (χ3v) is 2.15. The predicted molar refractivity (Wildman–Crippen MR) is 48.8 cm³/mol. The van der Waals surface area contributed by atoms with Gasteiger partial charge >= 0.3 is 0 Å². The normalized spacial score (nSPS) is 9.38. The quantitative estimate of drug-likeness (QED) is 0.712. The van der Waals surface area contributed by atoms with Gasteiger partial charge in [0.25, 0.3) is 0 Å². The summed E-state index contributed by atoms with van der Waals surface area (Å²) >= 11 is 0. The zero-order chi connectivity index (χ0) is 10.0. The Kier molecular flexibility index (Phi) is 2.43. The SMILES string of the molecule is COc1c(O)cc(C#N)c(C)c1C. The fraction of sp³-hybridized carbons (Fsp3) is 0.300. The van der Waals surface area contributed by atoms with Crippen LogP contribution in [0, 0.1) is 25.2 Å². The lowest BCUT2D eigenvalue weighted by Gasteiger charge is -2.10. The molecule has 0 amide bonds. The summed E-state index contributed by atoms with van der Waals surface area (Å²) in [5.41, 5.74) is 2.13. The van der Waals surface area contributed by atoms with E-state index in [9.17, 15) is 5.11 Å². The Labute approximate surface area is 77.2 Å². The second-order valence-corrected chi connectivity index (χ2v) is 2.84. The minimum atomic E-state index is 0.0159. The van der Waals surface area contributed by atoms with Gasteiger partial charge in [-0.25, -0.2) is 0 Å². The second-order valence-electron chi connectivity index (χ2n) is 2.84. The van der Waals surface area contributed by atoms with E-state index >= 15 is 0 Å². The van der Waals surface area contributed by atoms with Gasteiger partial charge in [-0.2, -0.15) is 5.26 Å². The van der Waals surface area contributed by atoms with Crippen LogP contribution >= 0.6 is 0 Å². The Balaban J connectivity index is 3.48. The van der Waals surface area contributed by atoms with Gasteiger partial charge in [-0.1, -0.05) is 0 Å². The summed E-state index contributed by atoms with van der Waals surface area (Å²) in [6.07, 6.45) is 0. The van der Waals surface area contributed by atoms with E-state index in [1.165, 1.54) is 13.2 Å². The Bertz CT molecular complexity index is 374. The number of rotatable bonds is 1. The maximum absolute atomic E-state index is 9.45. The lowest BCUT2D eigenvalue weighted by Crippen LogP contribution is -1.93. The average Bonchev–Trinajstić information content (AvgIpc) is 2.12. The van der Waals surface area contributed by atoms with Crippen LogP contribution in [0.4, 0.5) is 0 Å². The van der Waals surface area contributed by atoms with E-state index < -0.39 is 0 Å². The summed E-state index contributed by atoms with van der Waals surface area (Å²) in [5.74, 6) is 0.457. The van der Waals surface area contributed by atoms with Crippen LogP contribution in [0.3, 0.4) is 0 Å². The van der Waals surface area contributed by atoms with E-state index in [0.717, 1.165) is 11.1 Å². The van der Waals surface area contributed by atoms with Crippen LogP contribution in [0.1, 0.15) is 16.7 Å². The van der Waals surface area contributed by atoms with Crippen molar-refractivity contribution in [2.45, 2.75) is 13.8 Å². The molecule has 0 atom stereocenters. The molecule has 0 aliphatic heterocycles. The first-order valence-corrected chi connectivity index (χ1v) is 3.89. The molecular weight excluding hydrogens is 166 g/mol. The minimum absolute atomic E-state index is 0.0159. The van der Waals surface area contributed by atoms with Gasteiger partial charge in [-0.3, -0.25) is 0 Å². The summed E-state index contributed by atoms with van der Waals surface area (Å²) in [4.78, 5) is 0. The minimum Gasteiger partial charge on any atom is -0.504 e. The van der Waals surface area contributed by atoms with Gasteiger partial charge in [0.2, 0.25) is 0 Å². The van der Waals surface area contributed by atoms with Crippen molar-refractivity contribution in [3.8, 4) is 17.6 Å². The van der Waals surface area contributed by atoms with E-state index in [1.807, 2.05) is 19.9 Å². The largest absolute Gasteiger partial charge is 0.504 e. The zero-order valence-electron chi connectivity index (χ0n) is 7.88. The Hall–Kier alpha value is -1.69. The predicted octanol–water partition coefficient (Wildman–Crippen LogP) is 1.89. The van der Waals surface area contributed by atoms with Crippen molar-refractivity contribution >= 4 is 0 Å². The number of hydrogen-bond donors (Lipinski definition) is 1. The van der Waals surface area contributed by atoms with Gasteiger partial charge in [0.15, 0.2) is 11.5 Å². The van der Waals surface area contributed by atoms with Gasteiger partial charge in [-0.15, -0.1) is 0 Å². The molecule has 3 nitrogen and oxygen atoms in total. The van der Waals surface area contributed by atoms with Crippen LogP contribution < -0.4 is 4.74 Å². The average molecular weight is 177 g/mol. The molecule has 0 heterocycles. The number of aromatic hydroxyl groups is 1. The van der Waals surface area contributed by atoms with Crippen LogP contribution in [0.15, 0.2) is 6.07 Å². The number of phenolic OH excluding ortho intramolecular Hbond substituents is 1. The maximum Gasteiger partial charge on any atom is 0.163 e. The van der Waals surface area contributed by atoms with Crippen LogP contribution in [-0.4, -0.2) is 12.2 Å². The molecule has 0 aromatic heterocycles. The molecule has 0 saturated heterocycles. The number of benzene rings is 1. The van der Waals surface area contributed by atoms with Gasteiger partial charge in [0.1, 0.15) is 0 Å². The summed E-state index contributed by atoms with van der Waals surface area (Å²) in [6.45, 7) is 3.64. The third kappa shape index (κ3) is 1.43. The summed E-state index contributed by atoms with van der Waals surface area (Å²) in [7, 11) is 1.49. The molecule has 1 rings (SSSR count). The lowest BCUT2D eigenvalue weighted by molar-refractivity contribution is 0.370. The van der Waals surface area contributed by atoms with E-state index in [1.54, 1.807) is 0 Å². The fourth-order valence-electron chi connectivity index (χ4n) is 1.25. The monoisotopic (exact) mass is 177 g/mol. The van der Waals surface area contributed by atoms with Crippen LogP contribution in [-0.2, 0) is 0 Å². The van der Waals surface area contributed by atoms with E-state index in [4.69, 9.17) is 10.00 Å². The Morgan fingerprint density at radius 1 is 1.38 bits per heavy atom. The highest BCUT2D eigenvalue weighted by Crippen LogP contribution is 2.33. The first-order chi connectivity index (χ1) is 6.11. The van der Waals surface area contributed by atoms with Crippen LogP contribution in [0.5, 0.6) is 11.5 Å². The van der Waals surface area contributed by atoms with Crippen molar-refractivity contribution in [3.05, 3.63) is 22.8 Å². The maximum atomic E-state index is 9.45. The number of phenols is 1. The molecule has 0 spiro atoms. The third-order valence-electron chi connectivity index (χ3n) is 2.15. The summed E-state index contributed by atoms with van der Waals surface area (Å²) in [5, 5.41) is 18.2. The van der Waals surface area contributed by atoms with Gasteiger partial charge < -0.3 is 9.84 Å². The van der Waals surface area contributed by atoms with Crippen LogP contribution in [0.25, 0.3) is 0 Å². The molecule has 0 fully saturated rings. The highest BCUT2D eigenvalue weighted by Gasteiger charge is 2.11. The number of nitriles is 1. The van der Waals surface area contributed by atoms with Crippen molar-refractivity contribution in [1.82, 2.24) is 0 Å². The molecule has 13 heavy (non-hydrogen) atoms. The fourth-order valence-corrected chi connectivity index (χ4v) is 1.25. The Morgan fingerprint density at radius 3 is 2.46 bits per heavy atom. The topological polar surface area (TPSA) is 53.2 Å². The van der Waals surface area contributed by atoms with Crippen molar-refractivity contribution in [1.29, 1.82) is 5.26 Å². The molecule has 0 radical (unpaired) electrons. The first kappa shape index (κ1) is 9.40. The smallest absolute Gasteiger partial charge is 0.163 e. The summed E-state index contributed by atoms with van der Waals surface area (Å²) < 4.78 is 5.00. The van der Waals surface area contributed by atoms with E-state index in [-0.39, 0.29) is 5.75 Å². The summed E-state index contributed by atoms with van der Waals surface area (Å²) in [6, 6.07) is 3.43. The van der Waals surface area contributed by atoms with Crippen LogP contribution in [0.2, 0.25) is 0 Å². The number of methoxy groups -OCH3 is 1. The molecule has 0 saturated carbocycles. The van der Waals surface area contributed by atoms with Crippen molar-refractivity contribution in [3.63, 3.8) is 0 Å². The number of hydrogen-bond acceptors (Lipinski definition) is 3.